The first kappa shape index (κ1) is 15.7. The molecule has 1 aromatic carbocycles. The molecule has 0 spiro atoms. The molecule has 1 amide bonds. The summed E-state index contributed by atoms with van der Waals surface area (Å²) in [4.78, 5) is 16.7. The topological polar surface area (TPSA) is 46.9 Å². The molecule has 0 radical (unpaired) electrons. The quantitative estimate of drug-likeness (QED) is 0.759. The largest absolute Gasteiger partial charge is 0.349 e. The van der Waals surface area contributed by atoms with Crippen LogP contribution in [0.1, 0.15) is 17.1 Å². The molecule has 0 atom stereocenters. The number of carbonyl (C=O) groups is 1. The molecule has 1 N–H and O–H groups in total. The Labute approximate surface area is 143 Å². The highest BCUT2D eigenvalue weighted by Gasteiger charge is 2.13. The van der Waals surface area contributed by atoms with E-state index < -0.39 is 0 Å². The van der Waals surface area contributed by atoms with E-state index in [1.54, 1.807) is 0 Å². The first-order valence-electron chi connectivity index (χ1n) is 7.49. The van der Waals surface area contributed by atoms with Gasteiger partial charge < -0.3 is 9.88 Å². The fourth-order valence-electron chi connectivity index (χ4n) is 2.68. The van der Waals surface area contributed by atoms with Gasteiger partial charge in [-0.25, -0.2) is 0 Å². The minimum absolute atomic E-state index is 0.0235. The van der Waals surface area contributed by atoms with E-state index in [2.05, 4.69) is 32.3 Å². The van der Waals surface area contributed by atoms with Crippen LogP contribution in [0.2, 0.25) is 0 Å². The summed E-state index contributed by atoms with van der Waals surface area (Å²) in [5, 5.41) is 4.06. The number of para-hydroxylation sites is 1. The minimum atomic E-state index is -0.0235. The van der Waals surface area contributed by atoms with Crippen LogP contribution in [0.4, 0.5) is 0 Å². The van der Waals surface area contributed by atoms with E-state index in [9.17, 15) is 4.79 Å². The van der Waals surface area contributed by atoms with Crippen molar-refractivity contribution in [3.05, 3.63) is 64.0 Å². The minimum Gasteiger partial charge on any atom is -0.349 e. The second-order valence-electron chi connectivity index (χ2n) is 5.55. The lowest BCUT2D eigenvalue weighted by molar-refractivity contribution is -0.121. The maximum absolute atomic E-state index is 12.3. The van der Waals surface area contributed by atoms with Crippen molar-refractivity contribution in [1.29, 1.82) is 0 Å². The number of rotatable bonds is 4. The molecule has 0 saturated heterocycles. The zero-order valence-electron chi connectivity index (χ0n) is 13.1. The second-order valence-corrected chi connectivity index (χ2v) is 6.34. The molecule has 23 heavy (non-hydrogen) atoms. The number of hydrogen-bond donors (Lipinski definition) is 1. The number of amides is 1. The molecule has 0 unspecified atom stereocenters. The van der Waals surface area contributed by atoms with Gasteiger partial charge in [0.05, 0.1) is 12.2 Å². The van der Waals surface area contributed by atoms with Crippen molar-refractivity contribution in [3.8, 4) is 0 Å². The fraction of sp³-hybridized carbons (Fsp3) is 0.222. The van der Waals surface area contributed by atoms with E-state index in [1.807, 2.05) is 54.8 Å². The zero-order valence-corrected chi connectivity index (χ0v) is 14.7. The molecule has 2 aromatic heterocycles. The third-order valence-corrected chi connectivity index (χ3v) is 4.87. The number of nitrogens with one attached hydrogen (secondary N) is 1. The maximum atomic E-state index is 12.3. The molecular weight excluding hydrogens is 354 g/mol. The van der Waals surface area contributed by atoms with Gasteiger partial charge >= 0.3 is 0 Å². The van der Waals surface area contributed by atoms with Crippen molar-refractivity contribution in [2.75, 3.05) is 0 Å². The molecule has 3 rings (SSSR count). The predicted molar refractivity (Wildman–Crippen MR) is 95.2 cm³/mol. The summed E-state index contributed by atoms with van der Waals surface area (Å²) in [7, 11) is 0. The van der Waals surface area contributed by atoms with Crippen LogP contribution in [0.15, 0.2) is 46.9 Å². The van der Waals surface area contributed by atoms with Crippen LogP contribution >= 0.6 is 15.9 Å². The average Bonchev–Trinajstić information content (AvgIpc) is 2.79. The van der Waals surface area contributed by atoms with Gasteiger partial charge in [0.2, 0.25) is 5.91 Å². The van der Waals surface area contributed by atoms with E-state index in [4.69, 9.17) is 0 Å². The third-order valence-electron chi connectivity index (χ3n) is 3.87. The SMILES string of the molecule is Cc1cccc(CNC(=O)Cn2c(C)c(Br)c3ccccc32)n1. The standard InChI is InChI=1S/C18H18BrN3O/c1-12-6-5-7-14(21-12)10-20-17(23)11-22-13(2)18(19)15-8-3-4-9-16(15)22/h3-9H,10-11H2,1-2H3,(H,20,23). The normalized spacial score (nSPS) is 10.9. The van der Waals surface area contributed by atoms with Gasteiger partial charge in [-0.3, -0.25) is 9.78 Å². The van der Waals surface area contributed by atoms with Crippen LogP contribution in [0, 0.1) is 13.8 Å². The van der Waals surface area contributed by atoms with Crippen LogP contribution in [-0.4, -0.2) is 15.5 Å². The molecule has 0 aliphatic carbocycles. The lowest BCUT2D eigenvalue weighted by atomic mass is 10.2. The summed E-state index contributed by atoms with van der Waals surface area (Å²) in [5.41, 5.74) is 3.93. The molecule has 0 bridgehead atoms. The number of fused-ring (bicyclic) bond motifs is 1. The van der Waals surface area contributed by atoms with Gasteiger partial charge in [0.1, 0.15) is 6.54 Å². The highest BCUT2D eigenvalue weighted by Crippen LogP contribution is 2.30. The van der Waals surface area contributed by atoms with Crippen molar-refractivity contribution in [2.45, 2.75) is 26.9 Å². The van der Waals surface area contributed by atoms with Gasteiger partial charge in [-0.2, -0.15) is 0 Å². The lowest BCUT2D eigenvalue weighted by Crippen LogP contribution is -2.27. The fourth-order valence-corrected chi connectivity index (χ4v) is 3.23. The number of carbonyl (C=O) groups excluding carboxylic acids is 1. The summed E-state index contributed by atoms with van der Waals surface area (Å²) in [6.07, 6.45) is 0. The van der Waals surface area contributed by atoms with E-state index in [1.165, 1.54) is 0 Å². The summed E-state index contributed by atoms with van der Waals surface area (Å²) in [5.74, 6) is -0.0235. The number of benzene rings is 1. The van der Waals surface area contributed by atoms with Gasteiger partial charge in [-0.1, -0.05) is 24.3 Å². The van der Waals surface area contributed by atoms with Gasteiger partial charge in [0, 0.05) is 26.8 Å². The molecular formula is C18H18BrN3O. The molecule has 0 saturated carbocycles. The predicted octanol–water partition coefficient (Wildman–Crippen LogP) is 3.73. The van der Waals surface area contributed by atoms with E-state index in [-0.39, 0.29) is 5.91 Å². The van der Waals surface area contributed by atoms with Crippen LogP contribution in [0.3, 0.4) is 0 Å². The van der Waals surface area contributed by atoms with Crippen LogP contribution < -0.4 is 5.32 Å². The van der Waals surface area contributed by atoms with Gasteiger partial charge in [0.25, 0.3) is 0 Å². The Bertz CT molecular complexity index is 870. The number of aryl methyl sites for hydroxylation is 1. The summed E-state index contributed by atoms with van der Waals surface area (Å²) in [6, 6.07) is 13.9. The van der Waals surface area contributed by atoms with E-state index in [0.717, 1.165) is 32.5 Å². The van der Waals surface area contributed by atoms with Crippen molar-refractivity contribution >= 4 is 32.7 Å². The first-order chi connectivity index (χ1) is 11.1. The smallest absolute Gasteiger partial charge is 0.240 e. The summed E-state index contributed by atoms with van der Waals surface area (Å²) >= 11 is 3.61. The Morgan fingerprint density at radius 3 is 2.74 bits per heavy atom. The maximum Gasteiger partial charge on any atom is 0.240 e. The Hall–Kier alpha value is -2.14. The average molecular weight is 372 g/mol. The molecule has 0 aliphatic rings. The van der Waals surface area contributed by atoms with E-state index in [0.29, 0.717) is 13.1 Å². The van der Waals surface area contributed by atoms with E-state index >= 15 is 0 Å². The third kappa shape index (κ3) is 3.29. The van der Waals surface area contributed by atoms with Gasteiger partial charge in [-0.15, -0.1) is 0 Å². The summed E-state index contributed by atoms with van der Waals surface area (Å²) in [6.45, 7) is 4.70. The van der Waals surface area contributed by atoms with Crippen LogP contribution in [0.5, 0.6) is 0 Å². The Balaban J connectivity index is 1.75. The van der Waals surface area contributed by atoms with Crippen molar-refractivity contribution in [1.82, 2.24) is 14.9 Å². The zero-order chi connectivity index (χ0) is 16.4. The molecule has 0 fully saturated rings. The summed E-state index contributed by atoms with van der Waals surface area (Å²) < 4.78 is 3.07. The Kier molecular flexibility index (Phi) is 4.48. The monoisotopic (exact) mass is 371 g/mol. The molecule has 2 heterocycles. The number of pyridine rings is 1. The molecule has 5 heteroatoms. The van der Waals surface area contributed by atoms with Gasteiger partial charge in [-0.05, 0) is 48.0 Å². The second kappa shape index (κ2) is 6.54. The number of aromatic nitrogens is 2. The number of hydrogen-bond acceptors (Lipinski definition) is 2. The highest BCUT2D eigenvalue weighted by atomic mass is 79.9. The Morgan fingerprint density at radius 2 is 1.96 bits per heavy atom. The molecule has 4 nitrogen and oxygen atoms in total. The van der Waals surface area contributed by atoms with Crippen molar-refractivity contribution < 1.29 is 4.79 Å². The molecule has 3 aromatic rings. The molecule has 0 aliphatic heterocycles. The molecule has 118 valence electrons. The highest BCUT2D eigenvalue weighted by molar-refractivity contribution is 9.10. The van der Waals surface area contributed by atoms with Gasteiger partial charge in [0.15, 0.2) is 0 Å². The van der Waals surface area contributed by atoms with Crippen LogP contribution in [0.25, 0.3) is 10.9 Å². The van der Waals surface area contributed by atoms with Crippen molar-refractivity contribution in [2.24, 2.45) is 0 Å². The van der Waals surface area contributed by atoms with Crippen molar-refractivity contribution in [3.63, 3.8) is 0 Å². The van der Waals surface area contributed by atoms with Crippen LogP contribution in [-0.2, 0) is 17.9 Å². The Morgan fingerprint density at radius 1 is 1.17 bits per heavy atom. The first-order valence-corrected chi connectivity index (χ1v) is 8.28. The lowest BCUT2D eigenvalue weighted by Gasteiger charge is -2.09. The number of halogens is 1. The number of nitrogens with zero attached hydrogens (tertiary/aromatic N) is 2.